The van der Waals surface area contributed by atoms with Crippen LogP contribution in [0.15, 0.2) is 30.9 Å². The predicted molar refractivity (Wildman–Crippen MR) is 67.1 cm³/mol. The fourth-order valence-electron chi connectivity index (χ4n) is 1.72. The van der Waals surface area contributed by atoms with E-state index in [0.717, 1.165) is 13.0 Å². The summed E-state index contributed by atoms with van der Waals surface area (Å²) < 4.78 is 0. The number of benzene rings is 1. The quantitative estimate of drug-likeness (QED) is 0.722. The van der Waals surface area contributed by atoms with Crippen molar-refractivity contribution in [1.82, 2.24) is 5.32 Å². The van der Waals surface area contributed by atoms with Crippen LogP contribution in [0.2, 0.25) is 0 Å². The first-order valence-corrected chi connectivity index (χ1v) is 5.62. The predicted octanol–water partition coefficient (Wildman–Crippen LogP) is 3.53. The lowest BCUT2D eigenvalue weighted by Gasteiger charge is -2.17. The van der Waals surface area contributed by atoms with Gasteiger partial charge in [-0.3, -0.25) is 0 Å². The zero-order valence-corrected chi connectivity index (χ0v) is 10.0. The second-order valence-electron chi connectivity index (χ2n) is 4.03. The lowest BCUT2D eigenvalue weighted by molar-refractivity contribution is 0.611. The van der Waals surface area contributed by atoms with Crippen LogP contribution >= 0.6 is 0 Å². The maximum atomic E-state index is 3.90. The van der Waals surface area contributed by atoms with Crippen LogP contribution in [-0.4, -0.2) is 6.54 Å². The molecule has 1 unspecified atom stereocenters. The SMILES string of the molecule is C=CC(NCCC)c1cc(C)ccc1C. The third kappa shape index (κ3) is 3.21. The molecule has 1 heteroatoms. The number of aryl methyl sites for hydroxylation is 2. The molecular weight excluding hydrogens is 182 g/mol. The van der Waals surface area contributed by atoms with E-state index in [1.807, 2.05) is 6.08 Å². The van der Waals surface area contributed by atoms with Crippen molar-refractivity contribution in [2.75, 3.05) is 6.54 Å². The third-order valence-corrected chi connectivity index (χ3v) is 2.62. The van der Waals surface area contributed by atoms with Gasteiger partial charge in [-0.15, -0.1) is 6.58 Å². The first-order chi connectivity index (χ1) is 7.19. The molecule has 1 aromatic carbocycles. The van der Waals surface area contributed by atoms with Crippen molar-refractivity contribution < 1.29 is 0 Å². The van der Waals surface area contributed by atoms with Crippen molar-refractivity contribution in [1.29, 1.82) is 0 Å². The summed E-state index contributed by atoms with van der Waals surface area (Å²) in [5.41, 5.74) is 3.98. The first-order valence-electron chi connectivity index (χ1n) is 5.62. The molecule has 1 rings (SSSR count). The number of rotatable bonds is 5. The minimum Gasteiger partial charge on any atom is -0.307 e. The molecule has 1 atom stereocenters. The molecule has 15 heavy (non-hydrogen) atoms. The van der Waals surface area contributed by atoms with Crippen LogP contribution < -0.4 is 5.32 Å². The minimum atomic E-state index is 0.282. The van der Waals surface area contributed by atoms with Gasteiger partial charge in [-0.1, -0.05) is 36.8 Å². The highest BCUT2D eigenvalue weighted by atomic mass is 14.9. The fraction of sp³-hybridized carbons (Fsp3) is 0.429. The van der Waals surface area contributed by atoms with Gasteiger partial charge in [-0.25, -0.2) is 0 Å². The van der Waals surface area contributed by atoms with Crippen molar-refractivity contribution in [3.8, 4) is 0 Å². The summed E-state index contributed by atoms with van der Waals surface area (Å²) in [4.78, 5) is 0. The molecule has 0 fully saturated rings. The van der Waals surface area contributed by atoms with E-state index < -0.39 is 0 Å². The molecule has 0 saturated carbocycles. The second-order valence-corrected chi connectivity index (χ2v) is 4.03. The fourth-order valence-corrected chi connectivity index (χ4v) is 1.72. The molecule has 0 aliphatic heterocycles. The Bertz CT molecular complexity index is 328. The highest BCUT2D eigenvalue weighted by molar-refractivity contribution is 5.34. The number of nitrogens with one attached hydrogen (secondary N) is 1. The van der Waals surface area contributed by atoms with Crippen molar-refractivity contribution in [2.45, 2.75) is 33.2 Å². The lowest BCUT2D eigenvalue weighted by Crippen LogP contribution is -2.21. The van der Waals surface area contributed by atoms with E-state index in [1.54, 1.807) is 0 Å². The second kappa shape index (κ2) is 5.72. The highest BCUT2D eigenvalue weighted by Gasteiger charge is 2.08. The Balaban J connectivity index is 2.90. The van der Waals surface area contributed by atoms with Gasteiger partial charge in [0, 0.05) is 0 Å². The smallest absolute Gasteiger partial charge is 0.0506 e. The standard InChI is InChI=1S/C14H21N/c1-5-9-15-14(6-2)13-10-11(3)7-8-12(13)4/h6-8,10,14-15H,2,5,9H2,1,3-4H3. The van der Waals surface area contributed by atoms with E-state index in [4.69, 9.17) is 0 Å². The highest BCUT2D eigenvalue weighted by Crippen LogP contribution is 2.19. The zero-order valence-electron chi connectivity index (χ0n) is 10.0. The van der Waals surface area contributed by atoms with E-state index in [0.29, 0.717) is 0 Å². The average Bonchev–Trinajstić information content (AvgIpc) is 2.24. The van der Waals surface area contributed by atoms with Crippen molar-refractivity contribution >= 4 is 0 Å². The Morgan fingerprint density at radius 1 is 1.40 bits per heavy atom. The maximum absolute atomic E-state index is 3.90. The minimum absolute atomic E-state index is 0.282. The summed E-state index contributed by atoms with van der Waals surface area (Å²) in [6, 6.07) is 6.85. The van der Waals surface area contributed by atoms with Gasteiger partial charge in [0.05, 0.1) is 6.04 Å². The summed E-state index contributed by atoms with van der Waals surface area (Å²) in [6.45, 7) is 11.4. The molecule has 0 radical (unpaired) electrons. The largest absolute Gasteiger partial charge is 0.307 e. The Kier molecular flexibility index (Phi) is 4.57. The first kappa shape index (κ1) is 12.0. The summed E-state index contributed by atoms with van der Waals surface area (Å²) in [5, 5.41) is 3.49. The van der Waals surface area contributed by atoms with Crippen LogP contribution in [0.3, 0.4) is 0 Å². The van der Waals surface area contributed by atoms with Gasteiger partial charge in [0.25, 0.3) is 0 Å². The van der Waals surface area contributed by atoms with Crippen molar-refractivity contribution in [2.24, 2.45) is 0 Å². The normalized spacial score (nSPS) is 12.5. The maximum Gasteiger partial charge on any atom is 0.0506 e. The average molecular weight is 203 g/mol. The van der Waals surface area contributed by atoms with Gasteiger partial charge in [-0.2, -0.15) is 0 Å². The molecule has 1 aromatic rings. The van der Waals surface area contributed by atoms with E-state index in [2.05, 4.69) is 50.9 Å². The molecule has 1 N–H and O–H groups in total. The van der Waals surface area contributed by atoms with Crippen LogP contribution in [0.1, 0.15) is 36.1 Å². The number of hydrogen-bond acceptors (Lipinski definition) is 1. The monoisotopic (exact) mass is 203 g/mol. The Hall–Kier alpha value is -1.08. The van der Waals surface area contributed by atoms with Gasteiger partial charge in [0.1, 0.15) is 0 Å². The molecular formula is C14H21N. The van der Waals surface area contributed by atoms with E-state index in [1.165, 1.54) is 16.7 Å². The van der Waals surface area contributed by atoms with Gasteiger partial charge in [0.2, 0.25) is 0 Å². The summed E-state index contributed by atoms with van der Waals surface area (Å²) in [7, 11) is 0. The van der Waals surface area contributed by atoms with Crippen molar-refractivity contribution in [3.05, 3.63) is 47.5 Å². The van der Waals surface area contributed by atoms with Crippen LogP contribution in [0.4, 0.5) is 0 Å². The molecule has 0 aliphatic carbocycles. The van der Waals surface area contributed by atoms with E-state index >= 15 is 0 Å². The summed E-state index contributed by atoms with van der Waals surface area (Å²) in [5.74, 6) is 0. The van der Waals surface area contributed by atoms with Crippen LogP contribution in [-0.2, 0) is 0 Å². The van der Waals surface area contributed by atoms with Gasteiger partial charge >= 0.3 is 0 Å². The molecule has 82 valence electrons. The van der Waals surface area contributed by atoms with Crippen LogP contribution in [0, 0.1) is 13.8 Å². The van der Waals surface area contributed by atoms with Gasteiger partial charge < -0.3 is 5.32 Å². The summed E-state index contributed by atoms with van der Waals surface area (Å²) >= 11 is 0. The molecule has 0 heterocycles. The van der Waals surface area contributed by atoms with E-state index in [-0.39, 0.29) is 6.04 Å². The van der Waals surface area contributed by atoms with E-state index in [9.17, 15) is 0 Å². The molecule has 0 saturated heterocycles. The Morgan fingerprint density at radius 2 is 2.13 bits per heavy atom. The molecule has 0 amide bonds. The molecule has 0 aromatic heterocycles. The Labute approximate surface area is 93.2 Å². The topological polar surface area (TPSA) is 12.0 Å². The third-order valence-electron chi connectivity index (χ3n) is 2.62. The van der Waals surface area contributed by atoms with Crippen LogP contribution in [0.5, 0.6) is 0 Å². The zero-order chi connectivity index (χ0) is 11.3. The molecule has 0 bridgehead atoms. The van der Waals surface area contributed by atoms with Gasteiger partial charge in [-0.05, 0) is 37.9 Å². The number of hydrogen-bond donors (Lipinski definition) is 1. The molecule has 1 nitrogen and oxygen atoms in total. The van der Waals surface area contributed by atoms with Crippen LogP contribution in [0.25, 0.3) is 0 Å². The van der Waals surface area contributed by atoms with Crippen molar-refractivity contribution in [3.63, 3.8) is 0 Å². The molecule has 0 spiro atoms. The Morgan fingerprint density at radius 3 is 2.73 bits per heavy atom. The molecule has 0 aliphatic rings. The van der Waals surface area contributed by atoms with Gasteiger partial charge in [0.15, 0.2) is 0 Å². The lowest BCUT2D eigenvalue weighted by atomic mass is 9.99. The summed E-state index contributed by atoms with van der Waals surface area (Å²) in [6.07, 6.45) is 3.13.